The van der Waals surface area contributed by atoms with E-state index >= 15 is 0 Å². The van der Waals surface area contributed by atoms with Gasteiger partial charge in [-0.05, 0) is 49.2 Å². The van der Waals surface area contributed by atoms with Gasteiger partial charge in [-0.3, -0.25) is 14.5 Å². The fourth-order valence-corrected chi connectivity index (χ4v) is 4.14. The molecule has 2 aromatic rings. The Kier molecular flexibility index (Phi) is 7.04. The van der Waals surface area contributed by atoms with Crippen molar-refractivity contribution in [3.05, 3.63) is 59.9 Å². The number of carbonyl (C=O) groups excluding carboxylic acids is 2. The van der Waals surface area contributed by atoms with E-state index in [1.54, 1.807) is 17.0 Å². The van der Waals surface area contributed by atoms with Crippen LogP contribution in [0.5, 0.6) is 0 Å². The van der Waals surface area contributed by atoms with Crippen molar-refractivity contribution in [3.63, 3.8) is 0 Å². The quantitative estimate of drug-likeness (QED) is 0.703. The number of aryl methyl sites for hydroxylation is 1. The Labute approximate surface area is 174 Å². The average molecular weight is 414 g/mol. The molecule has 2 aromatic carbocycles. The molecule has 0 unspecified atom stereocenters. The van der Waals surface area contributed by atoms with Gasteiger partial charge in [0.15, 0.2) is 5.17 Å². The molecule has 0 saturated carbocycles. The first-order valence-electron chi connectivity index (χ1n) is 9.65. The van der Waals surface area contributed by atoms with Crippen molar-refractivity contribution in [1.82, 2.24) is 4.90 Å². The van der Waals surface area contributed by atoms with Crippen molar-refractivity contribution in [2.75, 3.05) is 11.9 Å². The number of unbranched alkanes of at least 4 members (excludes halogenated alkanes) is 1. The van der Waals surface area contributed by atoms with E-state index < -0.39 is 5.25 Å². The Morgan fingerprint density at radius 2 is 1.93 bits per heavy atom. The molecule has 2 amide bonds. The van der Waals surface area contributed by atoms with E-state index in [0.29, 0.717) is 17.4 Å². The molecule has 1 aliphatic rings. The third kappa shape index (κ3) is 5.44. The summed E-state index contributed by atoms with van der Waals surface area (Å²) in [6, 6.07) is 13.3. The van der Waals surface area contributed by atoms with Crippen LogP contribution in [0, 0.1) is 12.7 Å². The van der Waals surface area contributed by atoms with Crippen molar-refractivity contribution >= 4 is 40.1 Å². The van der Waals surface area contributed by atoms with Crippen LogP contribution in [0.4, 0.5) is 15.8 Å². The minimum atomic E-state index is -0.518. The Morgan fingerprint density at radius 3 is 2.62 bits per heavy atom. The zero-order chi connectivity index (χ0) is 20.8. The van der Waals surface area contributed by atoms with Gasteiger partial charge in [-0.15, -0.1) is 0 Å². The summed E-state index contributed by atoms with van der Waals surface area (Å²) in [5.41, 5.74) is 2.29. The summed E-state index contributed by atoms with van der Waals surface area (Å²) in [6.07, 6.45) is 1.86. The predicted octanol–water partition coefficient (Wildman–Crippen LogP) is 4.89. The first-order chi connectivity index (χ1) is 14.0. The van der Waals surface area contributed by atoms with Crippen LogP contribution in [0.3, 0.4) is 0 Å². The highest BCUT2D eigenvalue weighted by atomic mass is 32.2. The predicted molar refractivity (Wildman–Crippen MR) is 116 cm³/mol. The maximum atomic E-state index is 13.2. The highest BCUT2D eigenvalue weighted by Crippen LogP contribution is 2.32. The van der Waals surface area contributed by atoms with Gasteiger partial charge in [0.2, 0.25) is 11.8 Å². The maximum absolute atomic E-state index is 13.2. The molecule has 0 aromatic heterocycles. The summed E-state index contributed by atoms with van der Waals surface area (Å²) >= 11 is 1.29. The molecule has 0 radical (unpaired) electrons. The van der Waals surface area contributed by atoms with Crippen molar-refractivity contribution in [3.8, 4) is 0 Å². The van der Waals surface area contributed by atoms with E-state index in [4.69, 9.17) is 0 Å². The second-order valence-electron chi connectivity index (χ2n) is 6.89. The number of aliphatic imine (C=N–C) groups is 1. The van der Waals surface area contributed by atoms with Gasteiger partial charge in [-0.1, -0.05) is 43.3 Å². The summed E-state index contributed by atoms with van der Waals surface area (Å²) in [5.74, 6) is -0.648. The Bertz CT molecular complexity index is 915. The van der Waals surface area contributed by atoms with Crippen molar-refractivity contribution in [2.24, 2.45) is 4.99 Å². The van der Waals surface area contributed by atoms with E-state index in [1.165, 1.54) is 23.9 Å². The van der Waals surface area contributed by atoms with Gasteiger partial charge in [-0.2, -0.15) is 0 Å². The zero-order valence-corrected chi connectivity index (χ0v) is 17.3. The number of hydrogen-bond donors (Lipinski definition) is 1. The van der Waals surface area contributed by atoms with Gasteiger partial charge in [0, 0.05) is 18.7 Å². The number of nitrogens with zero attached hydrogens (tertiary/aromatic N) is 2. The fraction of sp³-hybridized carbons (Fsp3) is 0.318. The minimum Gasteiger partial charge on any atom is -0.326 e. The number of amides is 2. The smallest absolute Gasteiger partial charge is 0.242 e. The largest absolute Gasteiger partial charge is 0.326 e. The van der Waals surface area contributed by atoms with Gasteiger partial charge < -0.3 is 5.32 Å². The third-order valence-corrected chi connectivity index (χ3v) is 5.77. The van der Waals surface area contributed by atoms with Crippen molar-refractivity contribution in [2.45, 2.75) is 38.4 Å². The monoisotopic (exact) mass is 413 g/mol. The SMILES string of the molecule is CCCCN1C(=O)[C@H](CC(=O)Nc2ccccc2C)SC1=Nc1ccc(F)cc1. The number of anilines is 1. The average Bonchev–Trinajstić information content (AvgIpc) is 2.98. The van der Waals surface area contributed by atoms with Gasteiger partial charge >= 0.3 is 0 Å². The number of rotatable bonds is 7. The lowest BCUT2D eigenvalue weighted by Crippen LogP contribution is -2.34. The molecular formula is C22H24FN3O2S. The van der Waals surface area contributed by atoms with Gasteiger partial charge in [-0.25, -0.2) is 9.38 Å². The van der Waals surface area contributed by atoms with Crippen LogP contribution in [-0.2, 0) is 9.59 Å². The summed E-state index contributed by atoms with van der Waals surface area (Å²) in [4.78, 5) is 31.6. The summed E-state index contributed by atoms with van der Waals surface area (Å²) in [7, 11) is 0. The number of hydrogen-bond acceptors (Lipinski definition) is 4. The second-order valence-corrected chi connectivity index (χ2v) is 8.06. The molecule has 0 aliphatic carbocycles. The fourth-order valence-electron chi connectivity index (χ4n) is 2.96. The van der Waals surface area contributed by atoms with Gasteiger partial charge in [0.25, 0.3) is 0 Å². The number of thioether (sulfide) groups is 1. The van der Waals surface area contributed by atoms with Crippen molar-refractivity contribution < 1.29 is 14.0 Å². The Morgan fingerprint density at radius 1 is 1.21 bits per heavy atom. The normalized spacial score (nSPS) is 17.8. The molecule has 1 aliphatic heterocycles. The zero-order valence-electron chi connectivity index (χ0n) is 16.5. The van der Waals surface area contributed by atoms with Crippen molar-refractivity contribution in [1.29, 1.82) is 0 Å². The van der Waals surface area contributed by atoms with Crippen LogP contribution in [-0.4, -0.2) is 33.7 Å². The Balaban J connectivity index is 1.74. The summed E-state index contributed by atoms with van der Waals surface area (Å²) in [6.45, 7) is 4.53. The van der Waals surface area contributed by atoms with E-state index in [2.05, 4.69) is 17.2 Å². The standard InChI is InChI=1S/C22H24FN3O2S/c1-3-4-13-26-21(28)19(14-20(27)25-18-8-6-5-7-15(18)2)29-22(26)24-17-11-9-16(23)10-12-17/h5-12,19H,3-4,13-14H2,1-2H3,(H,25,27)/t19-/m0/s1. The summed E-state index contributed by atoms with van der Waals surface area (Å²) in [5, 5.41) is 2.92. The van der Waals surface area contributed by atoms with Crippen LogP contribution in [0.1, 0.15) is 31.7 Å². The topological polar surface area (TPSA) is 61.8 Å². The molecule has 7 heteroatoms. The highest BCUT2D eigenvalue weighted by Gasteiger charge is 2.38. The molecular weight excluding hydrogens is 389 g/mol. The molecule has 3 rings (SSSR count). The van der Waals surface area contributed by atoms with E-state index in [-0.39, 0.29) is 24.1 Å². The number of carbonyl (C=O) groups is 2. The lowest BCUT2D eigenvalue weighted by atomic mass is 10.2. The van der Waals surface area contributed by atoms with Gasteiger partial charge in [0.05, 0.1) is 5.69 Å². The Hall–Kier alpha value is -2.67. The highest BCUT2D eigenvalue weighted by molar-refractivity contribution is 8.15. The van der Waals surface area contributed by atoms with Crippen LogP contribution in [0.2, 0.25) is 0 Å². The molecule has 29 heavy (non-hydrogen) atoms. The maximum Gasteiger partial charge on any atom is 0.242 e. The van der Waals surface area contributed by atoms with Crippen LogP contribution in [0.15, 0.2) is 53.5 Å². The summed E-state index contributed by atoms with van der Waals surface area (Å²) < 4.78 is 13.2. The van der Waals surface area contributed by atoms with Gasteiger partial charge in [0.1, 0.15) is 11.1 Å². The van der Waals surface area contributed by atoms with Crippen LogP contribution >= 0.6 is 11.8 Å². The number of para-hydroxylation sites is 1. The number of amidine groups is 1. The number of halogens is 1. The number of nitrogens with one attached hydrogen (secondary N) is 1. The molecule has 5 nitrogen and oxygen atoms in total. The minimum absolute atomic E-state index is 0.0723. The van der Waals surface area contributed by atoms with E-state index in [0.717, 1.165) is 24.1 Å². The third-order valence-electron chi connectivity index (χ3n) is 4.60. The lowest BCUT2D eigenvalue weighted by Gasteiger charge is -2.16. The molecule has 1 N–H and O–H groups in total. The second kappa shape index (κ2) is 9.69. The molecule has 1 fully saturated rings. The lowest BCUT2D eigenvalue weighted by molar-refractivity contribution is -0.128. The first-order valence-corrected chi connectivity index (χ1v) is 10.5. The first kappa shape index (κ1) is 21.0. The molecule has 0 bridgehead atoms. The van der Waals surface area contributed by atoms with Crippen LogP contribution < -0.4 is 5.32 Å². The molecule has 1 saturated heterocycles. The number of benzene rings is 2. The van der Waals surface area contributed by atoms with E-state index in [1.807, 2.05) is 31.2 Å². The molecule has 1 atom stereocenters. The molecule has 152 valence electrons. The molecule has 0 spiro atoms. The molecule has 1 heterocycles. The van der Waals surface area contributed by atoms with E-state index in [9.17, 15) is 14.0 Å². The van der Waals surface area contributed by atoms with Crippen LogP contribution in [0.25, 0.3) is 0 Å².